The summed E-state index contributed by atoms with van der Waals surface area (Å²) >= 11 is 0. The molecular weight excluding hydrogens is 268 g/mol. The van der Waals surface area contributed by atoms with Gasteiger partial charge in [0, 0.05) is 13.3 Å². The number of ether oxygens (including phenoxy) is 2. The SMILES string of the molecule is COC1=C(C)C(=O)N(c2cc(C=C(C)C)ccn2)C1OC. The summed E-state index contributed by atoms with van der Waals surface area (Å²) < 4.78 is 10.7. The number of rotatable bonds is 4. The van der Waals surface area contributed by atoms with Crippen LogP contribution in [0, 0.1) is 0 Å². The van der Waals surface area contributed by atoms with E-state index in [9.17, 15) is 4.79 Å². The van der Waals surface area contributed by atoms with Gasteiger partial charge in [0.2, 0.25) is 0 Å². The summed E-state index contributed by atoms with van der Waals surface area (Å²) in [5.41, 5.74) is 2.71. The number of carbonyl (C=O) groups excluding carboxylic acids is 1. The molecule has 112 valence electrons. The Bertz CT molecular complexity index is 616. The first-order valence-corrected chi connectivity index (χ1v) is 6.71. The van der Waals surface area contributed by atoms with E-state index in [2.05, 4.69) is 4.98 Å². The summed E-state index contributed by atoms with van der Waals surface area (Å²) in [6.07, 6.45) is 3.15. The number of carbonyl (C=O) groups is 1. The van der Waals surface area contributed by atoms with Gasteiger partial charge in [0.25, 0.3) is 5.91 Å². The van der Waals surface area contributed by atoms with E-state index in [1.165, 1.54) is 17.6 Å². The van der Waals surface area contributed by atoms with Crippen LogP contribution in [-0.2, 0) is 14.3 Å². The van der Waals surface area contributed by atoms with Crippen LogP contribution in [0.3, 0.4) is 0 Å². The third kappa shape index (κ3) is 2.83. The molecule has 0 aliphatic carbocycles. The quantitative estimate of drug-likeness (QED) is 0.855. The summed E-state index contributed by atoms with van der Waals surface area (Å²) in [5.74, 6) is 0.922. The standard InChI is InChI=1S/C16H20N2O3/c1-10(2)8-12-6-7-17-13(9-12)18-15(19)11(3)14(20-4)16(18)21-5/h6-9,16H,1-5H3. The molecule has 1 atom stereocenters. The lowest BCUT2D eigenvalue weighted by molar-refractivity contribution is -0.115. The Morgan fingerprint density at radius 3 is 2.67 bits per heavy atom. The fourth-order valence-electron chi connectivity index (χ4n) is 2.37. The Kier molecular flexibility index (Phi) is 4.43. The highest BCUT2D eigenvalue weighted by molar-refractivity contribution is 6.08. The van der Waals surface area contributed by atoms with Gasteiger partial charge in [-0.3, -0.25) is 9.69 Å². The fourth-order valence-corrected chi connectivity index (χ4v) is 2.37. The van der Waals surface area contributed by atoms with Crippen molar-refractivity contribution in [2.75, 3.05) is 19.1 Å². The molecule has 21 heavy (non-hydrogen) atoms. The summed E-state index contributed by atoms with van der Waals surface area (Å²) in [7, 11) is 3.08. The number of methoxy groups -OCH3 is 2. The Labute approximate surface area is 124 Å². The smallest absolute Gasteiger partial charge is 0.261 e. The second-order valence-corrected chi connectivity index (χ2v) is 5.13. The van der Waals surface area contributed by atoms with Crippen LogP contribution in [0.2, 0.25) is 0 Å². The van der Waals surface area contributed by atoms with Gasteiger partial charge < -0.3 is 9.47 Å². The first kappa shape index (κ1) is 15.3. The molecule has 2 rings (SSSR count). The highest BCUT2D eigenvalue weighted by atomic mass is 16.5. The largest absolute Gasteiger partial charge is 0.496 e. The zero-order valence-corrected chi connectivity index (χ0v) is 13.0. The van der Waals surface area contributed by atoms with Crippen LogP contribution in [-0.4, -0.2) is 31.3 Å². The van der Waals surface area contributed by atoms with E-state index in [0.717, 1.165) is 5.56 Å². The molecule has 1 unspecified atom stereocenters. The van der Waals surface area contributed by atoms with Crippen molar-refractivity contribution in [3.63, 3.8) is 0 Å². The lowest BCUT2D eigenvalue weighted by atomic mass is 10.2. The molecule has 1 aliphatic rings. The van der Waals surface area contributed by atoms with Crippen molar-refractivity contribution < 1.29 is 14.3 Å². The summed E-state index contributed by atoms with van der Waals surface area (Å²) in [4.78, 5) is 18.2. The van der Waals surface area contributed by atoms with Crippen LogP contribution in [0.15, 0.2) is 35.2 Å². The zero-order chi connectivity index (χ0) is 15.6. The first-order valence-electron chi connectivity index (χ1n) is 6.71. The van der Waals surface area contributed by atoms with Gasteiger partial charge in [0.15, 0.2) is 12.0 Å². The third-order valence-electron chi connectivity index (χ3n) is 3.28. The average Bonchev–Trinajstić information content (AvgIpc) is 2.69. The molecule has 0 aromatic carbocycles. The van der Waals surface area contributed by atoms with E-state index in [0.29, 0.717) is 17.2 Å². The van der Waals surface area contributed by atoms with Gasteiger partial charge in [-0.05, 0) is 38.5 Å². The Morgan fingerprint density at radius 2 is 2.10 bits per heavy atom. The van der Waals surface area contributed by atoms with Crippen molar-refractivity contribution in [1.29, 1.82) is 0 Å². The maximum Gasteiger partial charge on any atom is 0.261 e. The molecule has 1 amide bonds. The van der Waals surface area contributed by atoms with Crippen molar-refractivity contribution >= 4 is 17.8 Å². The molecule has 1 aromatic rings. The van der Waals surface area contributed by atoms with Crippen LogP contribution in [0.4, 0.5) is 5.82 Å². The molecular formula is C16H20N2O3. The maximum atomic E-state index is 12.4. The lowest BCUT2D eigenvalue weighted by Crippen LogP contribution is -2.37. The molecule has 0 spiro atoms. The fraction of sp³-hybridized carbons (Fsp3) is 0.375. The molecule has 1 aromatic heterocycles. The van der Waals surface area contributed by atoms with Crippen molar-refractivity contribution in [2.24, 2.45) is 0 Å². The molecule has 0 radical (unpaired) electrons. The van der Waals surface area contributed by atoms with E-state index in [1.807, 2.05) is 32.1 Å². The lowest BCUT2D eigenvalue weighted by Gasteiger charge is -2.24. The highest BCUT2D eigenvalue weighted by Gasteiger charge is 2.40. The van der Waals surface area contributed by atoms with Gasteiger partial charge in [-0.1, -0.05) is 11.6 Å². The van der Waals surface area contributed by atoms with Crippen molar-refractivity contribution in [3.8, 4) is 0 Å². The summed E-state index contributed by atoms with van der Waals surface area (Å²) in [6.45, 7) is 5.77. The van der Waals surface area contributed by atoms with E-state index >= 15 is 0 Å². The van der Waals surface area contributed by atoms with E-state index in [1.54, 1.807) is 20.2 Å². The van der Waals surface area contributed by atoms with E-state index < -0.39 is 6.23 Å². The van der Waals surface area contributed by atoms with Gasteiger partial charge in [0.05, 0.1) is 12.7 Å². The van der Waals surface area contributed by atoms with Gasteiger partial charge >= 0.3 is 0 Å². The number of pyridine rings is 1. The Balaban J connectivity index is 2.43. The second kappa shape index (κ2) is 6.10. The predicted octanol–water partition coefficient (Wildman–Crippen LogP) is 2.74. The number of hydrogen-bond donors (Lipinski definition) is 0. The number of amides is 1. The minimum Gasteiger partial charge on any atom is -0.496 e. The molecule has 2 heterocycles. The molecule has 0 saturated heterocycles. The van der Waals surface area contributed by atoms with E-state index in [4.69, 9.17) is 9.47 Å². The van der Waals surface area contributed by atoms with Crippen LogP contribution >= 0.6 is 0 Å². The average molecular weight is 288 g/mol. The number of nitrogens with zero attached hydrogens (tertiary/aromatic N) is 2. The minimum atomic E-state index is -0.572. The topological polar surface area (TPSA) is 51.7 Å². The number of aromatic nitrogens is 1. The van der Waals surface area contributed by atoms with Crippen LogP contribution in [0.5, 0.6) is 0 Å². The monoisotopic (exact) mass is 288 g/mol. The number of allylic oxidation sites excluding steroid dienone is 1. The third-order valence-corrected chi connectivity index (χ3v) is 3.28. The van der Waals surface area contributed by atoms with Crippen molar-refractivity contribution in [3.05, 3.63) is 40.8 Å². The summed E-state index contributed by atoms with van der Waals surface area (Å²) in [6, 6.07) is 3.76. The second-order valence-electron chi connectivity index (χ2n) is 5.13. The van der Waals surface area contributed by atoms with Crippen molar-refractivity contribution in [1.82, 2.24) is 4.98 Å². The molecule has 1 aliphatic heterocycles. The van der Waals surface area contributed by atoms with Crippen LogP contribution in [0.1, 0.15) is 26.3 Å². The van der Waals surface area contributed by atoms with Gasteiger partial charge in [-0.2, -0.15) is 0 Å². The molecule has 0 saturated carbocycles. The molecule has 0 bridgehead atoms. The molecule has 5 nitrogen and oxygen atoms in total. The van der Waals surface area contributed by atoms with Gasteiger partial charge in [-0.15, -0.1) is 0 Å². The maximum absolute atomic E-state index is 12.4. The molecule has 0 fully saturated rings. The van der Waals surface area contributed by atoms with Crippen molar-refractivity contribution in [2.45, 2.75) is 27.0 Å². The minimum absolute atomic E-state index is 0.152. The van der Waals surface area contributed by atoms with Gasteiger partial charge in [-0.25, -0.2) is 4.98 Å². The van der Waals surface area contributed by atoms with Gasteiger partial charge in [0.1, 0.15) is 5.82 Å². The van der Waals surface area contributed by atoms with Crippen LogP contribution < -0.4 is 4.90 Å². The predicted molar refractivity (Wildman–Crippen MR) is 81.6 cm³/mol. The number of hydrogen-bond acceptors (Lipinski definition) is 4. The Morgan fingerprint density at radius 1 is 1.38 bits per heavy atom. The zero-order valence-electron chi connectivity index (χ0n) is 13.0. The Hall–Kier alpha value is -2.14. The number of anilines is 1. The first-order chi connectivity index (χ1) is 9.99. The summed E-state index contributed by atoms with van der Waals surface area (Å²) in [5, 5.41) is 0. The molecule has 0 N–H and O–H groups in total. The highest BCUT2D eigenvalue weighted by Crippen LogP contribution is 2.31. The normalized spacial score (nSPS) is 18.2. The van der Waals surface area contributed by atoms with Crippen LogP contribution in [0.25, 0.3) is 6.08 Å². The molecule has 5 heteroatoms. The van der Waals surface area contributed by atoms with E-state index in [-0.39, 0.29) is 5.91 Å².